The van der Waals surface area contributed by atoms with Crippen molar-refractivity contribution in [1.29, 1.82) is 0 Å². The number of rotatable bonds is 1. The molecule has 0 aliphatic carbocycles. The van der Waals surface area contributed by atoms with Gasteiger partial charge in [0.05, 0.1) is 11.2 Å². The summed E-state index contributed by atoms with van der Waals surface area (Å²) in [4.78, 5) is 16.3. The number of oxazole rings is 1. The van der Waals surface area contributed by atoms with E-state index in [9.17, 15) is 4.79 Å². The number of fused-ring (bicyclic) bond motifs is 1. The van der Waals surface area contributed by atoms with E-state index in [1.807, 2.05) is 18.2 Å². The van der Waals surface area contributed by atoms with Gasteiger partial charge < -0.3 is 14.6 Å². The number of nitrogens with one attached hydrogen (secondary N) is 2. The van der Waals surface area contributed by atoms with Gasteiger partial charge in [-0.1, -0.05) is 6.07 Å². The molecule has 1 aliphatic rings. The first-order chi connectivity index (χ1) is 8.63. The number of hydrogen-bond acceptors (Lipinski definition) is 4. The molecule has 5 heteroatoms. The molecule has 0 amide bonds. The number of piperazine rings is 1. The van der Waals surface area contributed by atoms with Crippen LogP contribution in [-0.2, 0) is 0 Å². The maximum atomic E-state index is 11.3. The van der Waals surface area contributed by atoms with Crippen LogP contribution in [0, 0.1) is 0 Å². The monoisotopic (exact) mass is 247 g/mol. The fraction of sp³-hybridized carbons (Fsp3) is 0.462. The van der Waals surface area contributed by atoms with Gasteiger partial charge in [0, 0.05) is 25.2 Å². The zero-order valence-corrected chi connectivity index (χ0v) is 10.6. The Morgan fingerprint density at radius 1 is 1.28 bits per heavy atom. The summed E-state index contributed by atoms with van der Waals surface area (Å²) < 4.78 is 5.25. The SMILES string of the molecule is CC1CN(c2cccc3[nH]c(=O)oc23)CC(C)N1. The molecule has 0 bridgehead atoms. The third-order valence-electron chi connectivity index (χ3n) is 3.32. The molecule has 2 aromatic rings. The lowest BCUT2D eigenvalue weighted by molar-refractivity contribution is 0.406. The van der Waals surface area contributed by atoms with Crippen molar-refractivity contribution in [3.63, 3.8) is 0 Å². The first kappa shape index (κ1) is 11.3. The molecule has 1 aromatic heterocycles. The summed E-state index contributed by atoms with van der Waals surface area (Å²) >= 11 is 0. The second-order valence-corrected chi connectivity index (χ2v) is 5.04. The molecule has 2 unspecified atom stereocenters. The van der Waals surface area contributed by atoms with Crippen LogP contribution in [0.2, 0.25) is 0 Å². The van der Waals surface area contributed by atoms with Crippen LogP contribution < -0.4 is 16.0 Å². The number of hydrogen-bond donors (Lipinski definition) is 2. The Bertz CT molecular complexity index is 606. The molecule has 1 fully saturated rings. The van der Waals surface area contributed by atoms with Crippen molar-refractivity contribution >= 4 is 16.8 Å². The minimum Gasteiger partial charge on any atom is -0.406 e. The van der Waals surface area contributed by atoms with Gasteiger partial charge in [-0.15, -0.1) is 0 Å². The van der Waals surface area contributed by atoms with E-state index in [0.717, 1.165) is 24.3 Å². The summed E-state index contributed by atoms with van der Waals surface area (Å²) in [7, 11) is 0. The Morgan fingerprint density at radius 3 is 2.72 bits per heavy atom. The highest BCUT2D eigenvalue weighted by molar-refractivity contribution is 5.86. The third kappa shape index (κ3) is 1.90. The highest BCUT2D eigenvalue weighted by Gasteiger charge is 2.23. The summed E-state index contributed by atoms with van der Waals surface area (Å²) in [5.74, 6) is -0.395. The summed E-state index contributed by atoms with van der Waals surface area (Å²) in [5, 5.41) is 3.49. The predicted molar refractivity (Wildman–Crippen MR) is 71.1 cm³/mol. The quantitative estimate of drug-likeness (QED) is 0.797. The van der Waals surface area contributed by atoms with E-state index in [4.69, 9.17) is 4.42 Å². The van der Waals surface area contributed by atoms with Crippen LogP contribution in [-0.4, -0.2) is 30.2 Å². The van der Waals surface area contributed by atoms with Gasteiger partial charge in [0.25, 0.3) is 0 Å². The molecule has 5 nitrogen and oxygen atoms in total. The second-order valence-electron chi connectivity index (χ2n) is 5.04. The van der Waals surface area contributed by atoms with Crippen molar-refractivity contribution in [2.24, 2.45) is 0 Å². The average molecular weight is 247 g/mol. The normalized spacial score (nSPS) is 24.7. The molecule has 96 valence electrons. The van der Waals surface area contributed by atoms with E-state index in [-0.39, 0.29) is 0 Å². The van der Waals surface area contributed by atoms with Crippen LogP contribution in [0.25, 0.3) is 11.1 Å². The number of aromatic amines is 1. The van der Waals surface area contributed by atoms with Crippen molar-refractivity contribution in [2.75, 3.05) is 18.0 Å². The average Bonchev–Trinajstić information content (AvgIpc) is 2.67. The fourth-order valence-electron chi connectivity index (χ4n) is 2.73. The van der Waals surface area contributed by atoms with Crippen molar-refractivity contribution in [1.82, 2.24) is 10.3 Å². The molecule has 2 N–H and O–H groups in total. The number of para-hydroxylation sites is 1. The van der Waals surface area contributed by atoms with Gasteiger partial charge in [-0.2, -0.15) is 0 Å². The van der Waals surface area contributed by atoms with Crippen LogP contribution >= 0.6 is 0 Å². The lowest BCUT2D eigenvalue weighted by Gasteiger charge is -2.37. The number of aromatic nitrogens is 1. The van der Waals surface area contributed by atoms with E-state index < -0.39 is 5.76 Å². The smallest absolute Gasteiger partial charge is 0.406 e. The third-order valence-corrected chi connectivity index (χ3v) is 3.32. The van der Waals surface area contributed by atoms with Gasteiger partial charge >= 0.3 is 5.76 Å². The Hall–Kier alpha value is -1.75. The summed E-state index contributed by atoms with van der Waals surface area (Å²) in [6.07, 6.45) is 0. The van der Waals surface area contributed by atoms with E-state index in [1.54, 1.807) is 0 Å². The molecule has 0 spiro atoms. The van der Waals surface area contributed by atoms with Gasteiger partial charge in [-0.05, 0) is 26.0 Å². The summed E-state index contributed by atoms with van der Waals surface area (Å²) in [6.45, 7) is 6.16. The predicted octanol–water partition coefficient (Wildman–Crippen LogP) is 1.31. The first-order valence-corrected chi connectivity index (χ1v) is 6.26. The molecule has 3 rings (SSSR count). The fourth-order valence-corrected chi connectivity index (χ4v) is 2.73. The zero-order chi connectivity index (χ0) is 12.7. The molecule has 0 saturated carbocycles. The van der Waals surface area contributed by atoms with E-state index >= 15 is 0 Å². The van der Waals surface area contributed by atoms with Gasteiger partial charge in [0.15, 0.2) is 5.58 Å². The zero-order valence-electron chi connectivity index (χ0n) is 10.6. The van der Waals surface area contributed by atoms with Crippen LogP contribution in [0.3, 0.4) is 0 Å². The van der Waals surface area contributed by atoms with Gasteiger partial charge in [0.1, 0.15) is 0 Å². The van der Waals surface area contributed by atoms with Crippen LogP contribution in [0.5, 0.6) is 0 Å². The maximum Gasteiger partial charge on any atom is 0.417 e. The lowest BCUT2D eigenvalue weighted by Crippen LogP contribution is -2.54. The Labute approximate surface area is 105 Å². The molecule has 1 aliphatic heterocycles. The molecular weight excluding hydrogens is 230 g/mol. The molecule has 2 heterocycles. The molecule has 2 atom stereocenters. The minimum absolute atomic E-state index is 0.395. The van der Waals surface area contributed by atoms with Crippen LogP contribution in [0.1, 0.15) is 13.8 Å². The van der Waals surface area contributed by atoms with Crippen molar-refractivity contribution in [2.45, 2.75) is 25.9 Å². The first-order valence-electron chi connectivity index (χ1n) is 6.26. The highest BCUT2D eigenvalue weighted by Crippen LogP contribution is 2.26. The molecular formula is C13H17N3O2. The van der Waals surface area contributed by atoms with Crippen molar-refractivity contribution in [3.05, 3.63) is 28.7 Å². The molecule has 1 saturated heterocycles. The number of benzene rings is 1. The molecule has 0 radical (unpaired) electrons. The summed E-state index contributed by atoms with van der Waals surface area (Å²) in [6, 6.07) is 6.66. The van der Waals surface area contributed by atoms with Gasteiger partial charge in [-0.25, -0.2) is 4.79 Å². The van der Waals surface area contributed by atoms with Gasteiger partial charge in [-0.3, -0.25) is 4.98 Å². The topological polar surface area (TPSA) is 61.3 Å². The van der Waals surface area contributed by atoms with Gasteiger partial charge in [0.2, 0.25) is 0 Å². The van der Waals surface area contributed by atoms with Crippen LogP contribution in [0.4, 0.5) is 5.69 Å². The maximum absolute atomic E-state index is 11.3. The number of anilines is 1. The Balaban J connectivity index is 2.05. The van der Waals surface area contributed by atoms with Crippen molar-refractivity contribution < 1.29 is 4.42 Å². The Kier molecular flexibility index (Phi) is 2.63. The minimum atomic E-state index is -0.395. The molecule has 1 aromatic carbocycles. The highest BCUT2D eigenvalue weighted by atomic mass is 16.4. The van der Waals surface area contributed by atoms with Crippen molar-refractivity contribution in [3.8, 4) is 0 Å². The van der Waals surface area contributed by atoms with E-state index in [0.29, 0.717) is 17.7 Å². The number of nitrogens with zero attached hydrogens (tertiary/aromatic N) is 1. The Morgan fingerprint density at radius 2 is 2.00 bits per heavy atom. The molecule has 18 heavy (non-hydrogen) atoms. The summed E-state index contributed by atoms with van der Waals surface area (Å²) in [5.41, 5.74) is 2.41. The van der Waals surface area contributed by atoms with Crippen LogP contribution in [0.15, 0.2) is 27.4 Å². The lowest BCUT2D eigenvalue weighted by atomic mass is 10.1. The number of H-pyrrole nitrogens is 1. The van der Waals surface area contributed by atoms with E-state index in [1.165, 1.54) is 0 Å². The second kappa shape index (κ2) is 4.17. The largest absolute Gasteiger partial charge is 0.417 e. The standard InChI is InChI=1S/C13H17N3O2/c1-8-6-16(7-9(2)14-8)11-5-3-4-10-12(11)18-13(17)15-10/h3-5,8-9,14H,6-7H2,1-2H3,(H,15,17). The van der Waals surface area contributed by atoms with E-state index in [2.05, 4.69) is 29.0 Å².